The van der Waals surface area contributed by atoms with Gasteiger partial charge in [0.15, 0.2) is 0 Å². The van der Waals surface area contributed by atoms with Crippen molar-refractivity contribution < 1.29 is 9.72 Å². The Hall–Kier alpha value is -2.18. The zero-order valence-electron chi connectivity index (χ0n) is 13.2. The fourth-order valence-electron chi connectivity index (χ4n) is 2.78. The molecule has 2 rings (SSSR count). The number of anilines is 1. The molecule has 7 nitrogen and oxygen atoms in total. The number of aromatic nitrogens is 1. The molecule has 1 aliphatic rings. The largest absolute Gasteiger partial charge is 0.359 e. The minimum atomic E-state index is -0.462. The highest BCUT2D eigenvalue weighted by Crippen LogP contribution is 2.21. The second kappa shape index (κ2) is 6.72. The molecule has 7 heteroatoms. The summed E-state index contributed by atoms with van der Waals surface area (Å²) in [4.78, 5) is 28.8. The van der Waals surface area contributed by atoms with Crippen LogP contribution in [0.4, 0.5) is 11.5 Å². The lowest BCUT2D eigenvalue weighted by Gasteiger charge is -2.35. The maximum Gasteiger partial charge on any atom is 0.290 e. The molecule has 0 spiro atoms. The molecule has 1 fully saturated rings. The Bertz CT molecular complexity index is 576. The quantitative estimate of drug-likeness (QED) is 0.682. The van der Waals surface area contributed by atoms with Crippen LogP contribution in [0.15, 0.2) is 12.3 Å². The van der Waals surface area contributed by atoms with Gasteiger partial charge in [-0.15, -0.1) is 0 Å². The number of piperidine rings is 1. The number of hydrogen-bond donors (Lipinski definition) is 1. The number of likely N-dealkylation sites (tertiary alicyclic amines) is 1. The van der Waals surface area contributed by atoms with Crippen molar-refractivity contribution in [2.75, 3.05) is 11.9 Å². The molecule has 2 heterocycles. The second-order valence-corrected chi connectivity index (χ2v) is 5.86. The average molecular weight is 306 g/mol. The molecule has 1 aromatic heterocycles. The van der Waals surface area contributed by atoms with E-state index >= 15 is 0 Å². The van der Waals surface area contributed by atoms with Gasteiger partial charge in [-0.3, -0.25) is 14.9 Å². The number of amides is 1. The highest BCUT2D eigenvalue weighted by Gasteiger charge is 2.27. The van der Waals surface area contributed by atoms with Crippen molar-refractivity contribution in [2.45, 2.75) is 52.1 Å². The number of hydrogen-bond acceptors (Lipinski definition) is 5. The minimum Gasteiger partial charge on any atom is -0.359 e. The number of nitrogens with zero attached hydrogens (tertiary/aromatic N) is 3. The Balaban J connectivity index is 2.05. The van der Waals surface area contributed by atoms with E-state index < -0.39 is 11.0 Å². The van der Waals surface area contributed by atoms with E-state index in [1.807, 2.05) is 4.90 Å². The van der Waals surface area contributed by atoms with Gasteiger partial charge in [0.25, 0.3) is 5.69 Å². The van der Waals surface area contributed by atoms with Crippen molar-refractivity contribution in [1.29, 1.82) is 0 Å². The SMILES string of the molecule is Cc1cc(NC(C)C(=O)N2CCCCC2C)ncc1[N+](=O)[O-]. The van der Waals surface area contributed by atoms with Crippen molar-refractivity contribution in [1.82, 2.24) is 9.88 Å². The number of carbonyl (C=O) groups excluding carboxylic acids is 1. The number of carbonyl (C=O) groups is 1. The Labute approximate surface area is 129 Å². The second-order valence-electron chi connectivity index (χ2n) is 5.86. The maximum absolute atomic E-state index is 12.5. The van der Waals surface area contributed by atoms with Crippen molar-refractivity contribution >= 4 is 17.4 Å². The summed E-state index contributed by atoms with van der Waals surface area (Å²) in [5, 5.41) is 13.8. The molecule has 2 unspecified atom stereocenters. The van der Waals surface area contributed by atoms with Crippen LogP contribution in [0.2, 0.25) is 0 Å². The van der Waals surface area contributed by atoms with E-state index in [0.717, 1.165) is 25.8 Å². The highest BCUT2D eigenvalue weighted by atomic mass is 16.6. The zero-order chi connectivity index (χ0) is 16.3. The molecule has 0 radical (unpaired) electrons. The van der Waals surface area contributed by atoms with Crippen molar-refractivity contribution in [3.05, 3.63) is 27.9 Å². The Morgan fingerprint density at radius 3 is 2.86 bits per heavy atom. The summed E-state index contributed by atoms with van der Waals surface area (Å²) >= 11 is 0. The predicted octanol–water partition coefficient (Wildman–Crippen LogP) is 2.50. The van der Waals surface area contributed by atoms with Gasteiger partial charge in [0.1, 0.15) is 18.1 Å². The van der Waals surface area contributed by atoms with Gasteiger partial charge >= 0.3 is 0 Å². The van der Waals surface area contributed by atoms with Crippen LogP contribution in [0, 0.1) is 17.0 Å². The molecule has 120 valence electrons. The normalized spacial score (nSPS) is 19.6. The van der Waals surface area contributed by atoms with Crippen molar-refractivity contribution in [3.8, 4) is 0 Å². The van der Waals surface area contributed by atoms with Gasteiger partial charge in [-0.25, -0.2) is 4.98 Å². The first kappa shape index (κ1) is 16.2. The maximum atomic E-state index is 12.5. The molecule has 0 aromatic carbocycles. The standard InChI is InChI=1S/C15H22N4O3/c1-10-8-14(16-9-13(10)19(21)22)17-12(3)15(20)18-7-5-4-6-11(18)2/h8-9,11-12H,4-7H2,1-3H3,(H,16,17). The summed E-state index contributed by atoms with van der Waals surface area (Å²) in [6.45, 7) is 6.31. The predicted molar refractivity (Wildman–Crippen MR) is 83.7 cm³/mol. The van der Waals surface area contributed by atoms with Crippen LogP contribution >= 0.6 is 0 Å². The van der Waals surface area contributed by atoms with Crippen LogP contribution in [0.5, 0.6) is 0 Å². The number of nitro groups is 1. The summed E-state index contributed by atoms with van der Waals surface area (Å²) in [5.74, 6) is 0.526. The van der Waals surface area contributed by atoms with Crippen molar-refractivity contribution in [2.24, 2.45) is 0 Å². The zero-order valence-corrected chi connectivity index (χ0v) is 13.2. The fraction of sp³-hybridized carbons (Fsp3) is 0.600. The lowest BCUT2D eigenvalue weighted by Crippen LogP contribution is -2.48. The minimum absolute atomic E-state index is 0.0193. The van der Waals surface area contributed by atoms with Gasteiger partial charge in [-0.05, 0) is 46.1 Å². The van der Waals surface area contributed by atoms with E-state index in [1.165, 1.54) is 6.20 Å². The summed E-state index contributed by atoms with van der Waals surface area (Å²) in [7, 11) is 0. The van der Waals surface area contributed by atoms with Crippen LogP contribution in [-0.2, 0) is 4.79 Å². The van der Waals surface area contributed by atoms with Crippen LogP contribution in [0.1, 0.15) is 38.7 Å². The summed E-state index contributed by atoms with van der Waals surface area (Å²) in [6, 6.07) is 1.45. The smallest absolute Gasteiger partial charge is 0.290 e. The monoisotopic (exact) mass is 306 g/mol. The van der Waals surface area contributed by atoms with Crippen LogP contribution in [0.25, 0.3) is 0 Å². The highest BCUT2D eigenvalue weighted by molar-refractivity contribution is 5.84. The molecule has 0 bridgehead atoms. The van der Waals surface area contributed by atoms with Crippen LogP contribution in [-0.4, -0.2) is 39.3 Å². The average Bonchev–Trinajstić information content (AvgIpc) is 2.46. The summed E-state index contributed by atoms with van der Waals surface area (Å²) < 4.78 is 0. The molecular formula is C15H22N4O3. The van der Waals surface area contributed by atoms with Crippen LogP contribution < -0.4 is 5.32 Å². The van der Waals surface area contributed by atoms with Gasteiger partial charge < -0.3 is 10.2 Å². The van der Waals surface area contributed by atoms with Gasteiger partial charge in [0.2, 0.25) is 5.91 Å². The Morgan fingerprint density at radius 1 is 1.55 bits per heavy atom. The van der Waals surface area contributed by atoms with Gasteiger partial charge in [0, 0.05) is 18.2 Å². The Kier molecular flexibility index (Phi) is 4.95. The van der Waals surface area contributed by atoms with E-state index in [0.29, 0.717) is 11.4 Å². The first-order valence-corrected chi connectivity index (χ1v) is 7.58. The molecule has 1 N–H and O–H groups in total. The van der Waals surface area contributed by atoms with E-state index in [2.05, 4.69) is 17.2 Å². The van der Waals surface area contributed by atoms with E-state index in [1.54, 1.807) is 19.9 Å². The third kappa shape index (κ3) is 3.52. The van der Waals surface area contributed by atoms with Gasteiger partial charge in [-0.1, -0.05) is 0 Å². The molecule has 22 heavy (non-hydrogen) atoms. The number of rotatable bonds is 4. The molecule has 0 saturated carbocycles. The number of aryl methyl sites for hydroxylation is 1. The molecule has 2 atom stereocenters. The van der Waals surface area contributed by atoms with Gasteiger partial charge in [0.05, 0.1) is 4.92 Å². The third-order valence-electron chi connectivity index (χ3n) is 4.10. The van der Waals surface area contributed by atoms with E-state index in [4.69, 9.17) is 0 Å². The topological polar surface area (TPSA) is 88.4 Å². The van der Waals surface area contributed by atoms with Gasteiger partial charge in [-0.2, -0.15) is 0 Å². The molecule has 1 aliphatic heterocycles. The summed E-state index contributed by atoms with van der Waals surface area (Å²) in [6.07, 6.45) is 4.46. The van der Waals surface area contributed by atoms with E-state index in [-0.39, 0.29) is 17.6 Å². The molecule has 0 aliphatic carbocycles. The first-order valence-electron chi connectivity index (χ1n) is 7.58. The Morgan fingerprint density at radius 2 is 2.27 bits per heavy atom. The molecular weight excluding hydrogens is 284 g/mol. The molecule has 1 saturated heterocycles. The fourth-order valence-corrected chi connectivity index (χ4v) is 2.78. The van der Waals surface area contributed by atoms with E-state index in [9.17, 15) is 14.9 Å². The summed E-state index contributed by atoms with van der Waals surface area (Å²) in [5.41, 5.74) is 0.502. The number of nitrogens with one attached hydrogen (secondary N) is 1. The first-order chi connectivity index (χ1) is 10.4. The lowest BCUT2D eigenvalue weighted by molar-refractivity contribution is -0.385. The van der Waals surface area contributed by atoms with Crippen molar-refractivity contribution in [3.63, 3.8) is 0 Å². The van der Waals surface area contributed by atoms with Crippen LogP contribution in [0.3, 0.4) is 0 Å². The third-order valence-corrected chi connectivity index (χ3v) is 4.10. The lowest BCUT2D eigenvalue weighted by atomic mass is 10.0. The molecule has 1 aromatic rings. The number of pyridine rings is 1. The molecule has 1 amide bonds.